The third kappa shape index (κ3) is 7.94. The van der Waals surface area contributed by atoms with Crippen molar-refractivity contribution >= 4 is 11.5 Å². The Hall–Kier alpha value is -2.64. The molecule has 7 heteroatoms. The molecule has 1 fully saturated rings. The second kappa shape index (κ2) is 14.7. The lowest BCUT2D eigenvalue weighted by Gasteiger charge is -2.24. The molecule has 0 atom stereocenters. The fraction of sp³-hybridized carbons (Fsp3) is 0.571. The van der Waals surface area contributed by atoms with Gasteiger partial charge in [-0.15, -0.1) is 0 Å². The zero-order valence-electron chi connectivity index (χ0n) is 21.9. The third-order valence-corrected chi connectivity index (χ3v) is 6.61. The van der Waals surface area contributed by atoms with Crippen molar-refractivity contribution in [3.05, 3.63) is 48.6 Å². The second-order valence-electron chi connectivity index (χ2n) is 9.36. The standard InChI is InChI=1S/C22H33N5.C6H12N2/c1-3-4-6-13-21-26-19-16-20(23)25-18-12-8-7-11-17(18)22(19)27(21)15-10-5-9-14-24-2;1-2-8-5-3-7-4-6-8/h7-8,11-12,24H,3-6,9-10,13-16H2,1-2H3,(H2,23,25);2,7H,1,3-6H2. The number of rotatable bonds is 11. The highest BCUT2D eigenvalue weighted by Crippen LogP contribution is 2.36. The van der Waals surface area contributed by atoms with Crippen molar-refractivity contribution in [2.24, 2.45) is 10.7 Å². The minimum absolute atomic E-state index is 0.636. The van der Waals surface area contributed by atoms with E-state index in [-0.39, 0.29) is 0 Å². The maximum absolute atomic E-state index is 6.19. The van der Waals surface area contributed by atoms with Gasteiger partial charge in [0.15, 0.2) is 0 Å². The van der Waals surface area contributed by atoms with Gasteiger partial charge in [-0.1, -0.05) is 51.0 Å². The SMILES string of the molecule is C=CN1CCNCC1.CCCCCc1nc2c(n1CCCCCNC)-c1ccccc1N=C(N)C2. The number of piperazine rings is 1. The number of benzene rings is 1. The van der Waals surface area contributed by atoms with Crippen molar-refractivity contribution in [1.29, 1.82) is 0 Å². The van der Waals surface area contributed by atoms with Crippen LogP contribution in [-0.4, -0.2) is 60.1 Å². The molecule has 1 aromatic heterocycles. The van der Waals surface area contributed by atoms with E-state index in [4.69, 9.17) is 10.7 Å². The number of nitrogens with one attached hydrogen (secondary N) is 2. The number of hydrogen-bond acceptors (Lipinski definition) is 6. The largest absolute Gasteiger partial charge is 0.387 e. The fourth-order valence-corrected chi connectivity index (χ4v) is 4.69. The Kier molecular flexibility index (Phi) is 11.3. The predicted molar refractivity (Wildman–Crippen MR) is 148 cm³/mol. The summed E-state index contributed by atoms with van der Waals surface area (Å²) in [6.45, 7) is 12.5. The minimum Gasteiger partial charge on any atom is -0.387 e. The number of aryl methyl sites for hydroxylation is 1. The summed E-state index contributed by atoms with van der Waals surface area (Å²) in [5.74, 6) is 1.87. The van der Waals surface area contributed by atoms with Gasteiger partial charge in [-0.3, -0.25) is 0 Å². The summed E-state index contributed by atoms with van der Waals surface area (Å²) in [5, 5.41) is 6.49. The molecule has 7 nitrogen and oxygen atoms in total. The van der Waals surface area contributed by atoms with Crippen LogP contribution < -0.4 is 16.4 Å². The van der Waals surface area contributed by atoms with Crippen LogP contribution in [0.5, 0.6) is 0 Å². The summed E-state index contributed by atoms with van der Waals surface area (Å²) in [5.41, 5.74) is 10.6. The van der Waals surface area contributed by atoms with Crippen LogP contribution in [0.3, 0.4) is 0 Å². The van der Waals surface area contributed by atoms with Crippen molar-refractivity contribution in [2.45, 2.75) is 64.8 Å². The van der Waals surface area contributed by atoms with Gasteiger partial charge in [0.2, 0.25) is 0 Å². The van der Waals surface area contributed by atoms with Gasteiger partial charge in [-0.25, -0.2) is 9.98 Å². The molecular formula is C28H45N7. The van der Waals surface area contributed by atoms with Gasteiger partial charge < -0.3 is 25.8 Å². The van der Waals surface area contributed by atoms with E-state index in [1.165, 1.54) is 50.0 Å². The lowest BCUT2D eigenvalue weighted by Crippen LogP contribution is -2.40. The van der Waals surface area contributed by atoms with E-state index >= 15 is 0 Å². The average Bonchev–Trinajstić information content (AvgIpc) is 3.13. The van der Waals surface area contributed by atoms with E-state index in [2.05, 4.69) is 56.8 Å². The first-order chi connectivity index (χ1) is 17.2. The molecule has 4 rings (SSSR count). The van der Waals surface area contributed by atoms with Gasteiger partial charge in [0.25, 0.3) is 0 Å². The fourth-order valence-electron chi connectivity index (χ4n) is 4.69. The Morgan fingerprint density at radius 3 is 2.63 bits per heavy atom. The molecule has 0 aliphatic carbocycles. The van der Waals surface area contributed by atoms with Gasteiger partial charge in [0.05, 0.1) is 17.1 Å². The Bertz CT molecular complexity index is 941. The molecule has 2 aromatic rings. The lowest BCUT2D eigenvalue weighted by atomic mass is 10.1. The molecule has 0 saturated carbocycles. The van der Waals surface area contributed by atoms with Crippen LogP contribution in [0, 0.1) is 0 Å². The number of aliphatic imine (C=N–C) groups is 1. The number of hydrogen-bond donors (Lipinski definition) is 3. The molecule has 0 radical (unpaired) electrons. The highest BCUT2D eigenvalue weighted by molar-refractivity contribution is 5.92. The average molecular weight is 480 g/mol. The minimum atomic E-state index is 0.636. The first-order valence-electron chi connectivity index (χ1n) is 13.4. The summed E-state index contributed by atoms with van der Waals surface area (Å²) in [7, 11) is 2.02. The highest BCUT2D eigenvalue weighted by Gasteiger charge is 2.23. The summed E-state index contributed by atoms with van der Waals surface area (Å²) < 4.78 is 2.46. The van der Waals surface area contributed by atoms with Gasteiger partial charge in [0, 0.05) is 51.1 Å². The first kappa shape index (κ1) is 27.0. The number of para-hydroxylation sites is 1. The Balaban J connectivity index is 0.000000363. The highest BCUT2D eigenvalue weighted by atomic mass is 15.2. The van der Waals surface area contributed by atoms with Crippen LogP contribution in [0.2, 0.25) is 0 Å². The van der Waals surface area contributed by atoms with Crippen molar-refractivity contribution in [3.8, 4) is 11.3 Å². The number of unbranched alkanes of at least 4 members (excludes halogenated alkanes) is 4. The molecule has 1 aromatic carbocycles. The van der Waals surface area contributed by atoms with E-state index in [1.54, 1.807) is 0 Å². The predicted octanol–water partition coefficient (Wildman–Crippen LogP) is 4.25. The van der Waals surface area contributed by atoms with Crippen LogP contribution in [0.15, 0.2) is 42.0 Å². The maximum Gasteiger partial charge on any atom is 0.109 e. The van der Waals surface area contributed by atoms with Crippen LogP contribution in [0.1, 0.15) is 57.0 Å². The number of amidine groups is 1. The smallest absolute Gasteiger partial charge is 0.109 e. The second-order valence-corrected chi connectivity index (χ2v) is 9.36. The Morgan fingerprint density at radius 2 is 1.91 bits per heavy atom. The molecule has 2 aliphatic heterocycles. The van der Waals surface area contributed by atoms with Crippen LogP contribution in [0.25, 0.3) is 11.3 Å². The molecule has 0 spiro atoms. The van der Waals surface area contributed by atoms with Crippen LogP contribution >= 0.6 is 0 Å². The van der Waals surface area contributed by atoms with Crippen molar-refractivity contribution < 1.29 is 0 Å². The quantitative estimate of drug-likeness (QED) is 0.420. The van der Waals surface area contributed by atoms with E-state index in [1.807, 2.05) is 19.3 Å². The molecule has 4 N–H and O–H groups in total. The van der Waals surface area contributed by atoms with Gasteiger partial charge >= 0.3 is 0 Å². The van der Waals surface area contributed by atoms with Crippen molar-refractivity contribution in [2.75, 3.05) is 39.8 Å². The summed E-state index contributed by atoms with van der Waals surface area (Å²) >= 11 is 0. The van der Waals surface area contributed by atoms with E-state index < -0.39 is 0 Å². The zero-order chi connectivity index (χ0) is 24.9. The summed E-state index contributed by atoms with van der Waals surface area (Å²) in [6.07, 6.45) is 10.9. The monoisotopic (exact) mass is 479 g/mol. The van der Waals surface area contributed by atoms with Crippen molar-refractivity contribution in [1.82, 2.24) is 25.1 Å². The van der Waals surface area contributed by atoms with Gasteiger partial charge in [-0.2, -0.15) is 0 Å². The number of nitrogens with zero attached hydrogens (tertiary/aromatic N) is 4. The summed E-state index contributed by atoms with van der Waals surface area (Å²) in [4.78, 5) is 11.9. The number of fused-ring (bicyclic) bond motifs is 3. The molecular weight excluding hydrogens is 434 g/mol. The van der Waals surface area contributed by atoms with Crippen LogP contribution in [-0.2, 0) is 19.4 Å². The molecule has 35 heavy (non-hydrogen) atoms. The van der Waals surface area contributed by atoms with Crippen LogP contribution in [0.4, 0.5) is 5.69 Å². The molecule has 0 unspecified atom stereocenters. The zero-order valence-corrected chi connectivity index (χ0v) is 21.9. The van der Waals surface area contributed by atoms with E-state index in [0.29, 0.717) is 12.3 Å². The third-order valence-electron chi connectivity index (χ3n) is 6.61. The molecule has 2 aliphatic rings. The first-order valence-corrected chi connectivity index (χ1v) is 13.4. The van der Waals surface area contributed by atoms with Gasteiger partial charge in [0.1, 0.15) is 11.7 Å². The molecule has 0 amide bonds. The topological polar surface area (TPSA) is 83.5 Å². The number of nitrogens with two attached hydrogens (primary N) is 1. The van der Waals surface area contributed by atoms with E-state index in [0.717, 1.165) is 62.6 Å². The van der Waals surface area contributed by atoms with E-state index in [9.17, 15) is 0 Å². The molecule has 0 bridgehead atoms. The molecule has 192 valence electrons. The number of aromatic nitrogens is 2. The Morgan fingerprint density at radius 1 is 1.11 bits per heavy atom. The Labute approximate surface area is 211 Å². The maximum atomic E-state index is 6.19. The van der Waals surface area contributed by atoms with Gasteiger partial charge in [-0.05, 0) is 45.1 Å². The normalized spacial score (nSPS) is 14.8. The molecule has 3 heterocycles. The summed E-state index contributed by atoms with van der Waals surface area (Å²) in [6, 6.07) is 8.32. The lowest BCUT2D eigenvalue weighted by molar-refractivity contribution is 0.325. The van der Waals surface area contributed by atoms with Crippen molar-refractivity contribution in [3.63, 3.8) is 0 Å². The molecule has 1 saturated heterocycles. The number of imidazole rings is 1.